The summed E-state index contributed by atoms with van der Waals surface area (Å²) in [6.07, 6.45) is 7.81. The van der Waals surface area contributed by atoms with Crippen LogP contribution in [0, 0.1) is 29.1 Å². The molecule has 0 bridgehead atoms. The summed E-state index contributed by atoms with van der Waals surface area (Å²) in [6, 6.07) is 2.41. The molecule has 0 aliphatic heterocycles. The third kappa shape index (κ3) is 3.15. The third-order valence-electron chi connectivity index (χ3n) is 4.73. The molecule has 102 valence electrons. The van der Waals surface area contributed by atoms with Crippen LogP contribution in [0.1, 0.15) is 58.8 Å². The van der Waals surface area contributed by atoms with E-state index in [9.17, 15) is 9.47 Å². The molecule has 0 radical (unpaired) electrons. The fourth-order valence-corrected chi connectivity index (χ4v) is 6.02. The zero-order chi connectivity index (χ0) is 13.1. The highest BCUT2D eigenvalue weighted by molar-refractivity contribution is 7.86. The summed E-state index contributed by atoms with van der Waals surface area (Å²) in [5.41, 5.74) is 0. The lowest BCUT2D eigenvalue weighted by molar-refractivity contribution is 0.334. The van der Waals surface area contributed by atoms with Crippen molar-refractivity contribution in [3.05, 3.63) is 0 Å². The molecular formula is C15H25NOS. The average molecular weight is 267 g/mol. The molecule has 0 aromatic carbocycles. The second-order valence-corrected chi connectivity index (χ2v) is 8.34. The molecule has 3 heteroatoms. The summed E-state index contributed by atoms with van der Waals surface area (Å²) < 4.78 is 12.8. The molecule has 2 saturated carbocycles. The first-order chi connectivity index (χ1) is 8.61. The van der Waals surface area contributed by atoms with Gasteiger partial charge in [-0.15, -0.1) is 0 Å². The molecule has 2 nitrogen and oxygen atoms in total. The molecule has 0 aromatic rings. The molecule has 0 amide bonds. The smallest absolute Gasteiger partial charge is 0.0668 e. The number of nitrogens with zero attached hydrogens (tertiary/aromatic N) is 1. The van der Waals surface area contributed by atoms with Crippen LogP contribution in [0.15, 0.2) is 0 Å². The van der Waals surface area contributed by atoms with Gasteiger partial charge in [-0.05, 0) is 43.9 Å². The lowest BCUT2D eigenvalue weighted by Gasteiger charge is -2.35. The van der Waals surface area contributed by atoms with E-state index in [2.05, 4.69) is 19.9 Å². The second kappa shape index (κ2) is 6.19. The monoisotopic (exact) mass is 267 g/mol. The Kier molecular flexibility index (Phi) is 4.84. The highest BCUT2D eigenvalue weighted by Gasteiger charge is 2.37. The fraction of sp³-hybridized carbons (Fsp3) is 0.933. The van der Waals surface area contributed by atoms with Gasteiger partial charge in [0.2, 0.25) is 0 Å². The highest BCUT2D eigenvalue weighted by Crippen LogP contribution is 2.36. The van der Waals surface area contributed by atoms with Crippen molar-refractivity contribution in [3.63, 3.8) is 0 Å². The van der Waals surface area contributed by atoms with E-state index in [-0.39, 0.29) is 11.2 Å². The third-order valence-corrected chi connectivity index (χ3v) is 6.94. The SMILES string of the molecule is CC1CCCC(S(=O)C2CC(C)CCC2C#N)C1. The van der Waals surface area contributed by atoms with Gasteiger partial charge in [0.15, 0.2) is 0 Å². The fourth-order valence-electron chi connectivity index (χ4n) is 3.57. The van der Waals surface area contributed by atoms with Crippen molar-refractivity contribution in [2.75, 3.05) is 0 Å². The van der Waals surface area contributed by atoms with Crippen molar-refractivity contribution < 1.29 is 4.21 Å². The Bertz CT molecular complexity index is 349. The van der Waals surface area contributed by atoms with E-state index in [0.717, 1.165) is 32.1 Å². The van der Waals surface area contributed by atoms with Gasteiger partial charge in [0.25, 0.3) is 0 Å². The van der Waals surface area contributed by atoms with Gasteiger partial charge in [0.1, 0.15) is 0 Å². The van der Waals surface area contributed by atoms with E-state index in [0.29, 0.717) is 17.1 Å². The van der Waals surface area contributed by atoms with Crippen molar-refractivity contribution >= 4 is 10.8 Å². The van der Waals surface area contributed by atoms with Crippen LogP contribution in [0.25, 0.3) is 0 Å². The van der Waals surface area contributed by atoms with E-state index in [1.165, 1.54) is 12.8 Å². The Morgan fingerprint density at radius 3 is 2.44 bits per heavy atom. The van der Waals surface area contributed by atoms with Crippen molar-refractivity contribution in [1.82, 2.24) is 0 Å². The summed E-state index contributed by atoms with van der Waals surface area (Å²) in [6.45, 7) is 4.51. The molecule has 0 saturated heterocycles. The predicted molar refractivity (Wildman–Crippen MR) is 75.5 cm³/mol. The molecular weight excluding hydrogens is 242 g/mol. The zero-order valence-electron chi connectivity index (χ0n) is 11.6. The van der Waals surface area contributed by atoms with Gasteiger partial charge in [0.05, 0.1) is 17.2 Å². The molecule has 2 fully saturated rings. The number of hydrogen-bond acceptors (Lipinski definition) is 2. The van der Waals surface area contributed by atoms with Gasteiger partial charge in [-0.2, -0.15) is 5.26 Å². The van der Waals surface area contributed by atoms with E-state index in [1.54, 1.807) is 0 Å². The Morgan fingerprint density at radius 2 is 1.78 bits per heavy atom. The van der Waals surface area contributed by atoms with Crippen LogP contribution in [0.5, 0.6) is 0 Å². The standard InChI is InChI=1S/C15H25NOS/c1-11-4-3-5-14(8-11)18(17)15-9-12(2)6-7-13(15)10-16/h11-15H,3-9H2,1-2H3. The van der Waals surface area contributed by atoms with Gasteiger partial charge in [0, 0.05) is 16.0 Å². The summed E-state index contributed by atoms with van der Waals surface area (Å²) >= 11 is 0. The summed E-state index contributed by atoms with van der Waals surface area (Å²) in [5, 5.41) is 9.77. The summed E-state index contributed by atoms with van der Waals surface area (Å²) in [7, 11) is -0.787. The summed E-state index contributed by atoms with van der Waals surface area (Å²) in [4.78, 5) is 0. The maximum atomic E-state index is 12.8. The van der Waals surface area contributed by atoms with Crippen LogP contribution in [-0.2, 0) is 10.8 Å². The molecule has 0 spiro atoms. The Hall–Kier alpha value is -0.360. The Labute approximate surface area is 114 Å². The molecule has 6 unspecified atom stereocenters. The Morgan fingerprint density at radius 1 is 1.06 bits per heavy atom. The predicted octanol–water partition coefficient (Wildman–Crippen LogP) is 3.64. The molecule has 0 heterocycles. The van der Waals surface area contributed by atoms with Gasteiger partial charge < -0.3 is 0 Å². The van der Waals surface area contributed by atoms with Crippen molar-refractivity contribution in [2.24, 2.45) is 17.8 Å². The number of rotatable bonds is 2. The molecule has 6 atom stereocenters. The zero-order valence-corrected chi connectivity index (χ0v) is 12.4. The highest BCUT2D eigenvalue weighted by atomic mass is 32.2. The van der Waals surface area contributed by atoms with Crippen LogP contribution >= 0.6 is 0 Å². The molecule has 0 aromatic heterocycles. The minimum atomic E-state index is -0.787. The molecule has 2 aliphatic rings. The summed E-state index contributed by atoms with van der Waals surface area (Å²) in [5.74, 6) is 1.40. The lowest BCUT2D eigenvalue weighted by Crippen LogP contribution is -2.38. The van der Waals surface area contributed by atoms with E-state index in [1.807, 2.05) is 0 Å². The quantitative estimate of drug-likeness (QED) is 0.766. The minimum Gasteiger partial charge on any atom is -0.259 e. The van der Waals surface area contributed by atoms with Gasteiger partial charge in [-0.3, -0.25) is 4.21 Å². The lowest BCUT2D eigenvalue weighted by atomic mass is 9.83. The molecule has 18 heavy (non-hydrogen) atoms. The van der Waals surface area contributed by atoms with Crippen LogP contribution in [0.3, 0.4) is 0 Å². The van der Waals surface area contributed by atoms with Crippen LogP contribution in [-0.4, -0.2) is 14.7 Å². The normalized spacial score (nSPS) is 43.1. The van der Waals surface area contributed by atoms with Gasteiger partial charge in [-0.1, -0.05) is 26.7 Å². The first-order valence-electron chi connectivity index (χ1n) is 7.40. The first-order valence-corrected chi connectivity index (χ1v) is 8.68. The van der Waals surface area contributed by atoms with E-state index < -0.39 is 10.8 Å². The maximum Gasteiger partial charge on any atom is 0.0668 e. The van der Waals surface area contributed by atoms with E-state index >= 15 is 0 Å². The van der Waals surface area contributed by atoms with Crippen LogP contribution in [0.2, 0.25) is 0 Å². The van der Waals surface area contributed by atoms with E-state index in [4.69, 9.17) is 0 Å². The van der Waals surface area contributed by atoms with Crippen molar-refractivity contribution in [1.29, 1.82) is 5.26 Å². The second-order valence-electron chi connectivity index (χ2n) is 6.41. The van der Waals surface area contributed by atoms with Gasteiger partial charge >= 0.3 is 0 Å². The number of hydrogen-bond donors (Lipinski definition) is 0. The molecule has 0 N–H and O–H groups in total. The van der Waals surface area contributed by atoms with Crippen LogP contribution in [0.4, 0.5) is 0 Å². The largest absolute Gasteiger partial charge is 0.259 e. The molecule has 2 rings (SSSR count). The molecule has 2 aliphatic carbocycles. The number of nitriles is 1. The maximum absolute atomic E-state index is 12.8. The van der Waals surface area contributed by atoms with Gasteiger partial charge in [-0.25, -0.2) is 0 Å². The Balaban J connectivity index is 2.03. The minimum absolute atomic E-state index is 0.0410. The van der Waals surface area contributed by atoms with Crippen molar-refractivity contribution in [2.45, 2.75) is 69.3 Å². The van der Waals surface area contributed by atoms with Crippen molar-refractivity contribution in [3.8, 4) is 6.07 Å². The topological polar surface area (TPSA) is 40.9 Å². The van der Waals surface area contributed by atoms with Crippen LogP contribution < -0.4 is 0 Å². The average Bonchev–Trinajstić information content (AvgIpc) is 2.38. The first kappa shape index (κ1) is 14.1.